The van der Waals surface area contributed by atoms with Crippen LogP contribution in [0.4, 0.5) is 18.9 Å². The molecule has 1 N–H and O–H groups in total. The first-order chi connectivity index (χ1) is 11.8. The van der Waals surface area contributed by atoms with Crippen molar-refractivity contribution in [3.63, 3.8) is 0 Å². The van der Waals surface area contributed by atoms with Crippen LogP contribution in [-0.4, -0.2) is 30.9 Å². The Kier molecular flexibility index (Phi) is 4.49. The van der Waals surface area contributed by atoms with Crippen molar-refractivity contribution in [3.05, 3.63) is 58.7 Å². The Labute approximate surface area is 147 Å². The molecule has 0 saturated heterocycles. The highest BCUT2D eigenvalue weighted by Crippen LogP contribution is 2.28. The van der Waals surface area contributed by atoms with E-state index in [9.17, 15) is 18.0 Å². The van der Waals surface area contributed by atoms with Crippen LogP contribution in [-0.2, 0) is 6.18 Å². The molecular weight excluding hydrogens is 405 g/mol. The molecule has 128 valence electrons. The second-order valence-electron chi connectivity index (χ2n) is 4.71. The molecule has 0 fully saturated rings. The summed E-state index contributed by atoms with van der Waals surface area (Å²) in [5, 5.41) is 13.4. The second-order valence-corrected chi connectivity index (χ2v) is 5.42. The van der Waals surface area contributed by atoms with Gasteiger partial charge in [-0.25, -0.2) is 0 Å². The van der Waals surface area contributed by atoms with E-state index in [1.54, 1.807) is 30.3 Å². The van der Waals surface area contributed by atoms with Gasteiger partial charge in [-0.2, -0.15) is 22.8 Å². The fourth-order valence-corrected chi connectivity index (χ4v) is 2.26. The minimum absolute atomic E-state index is 0.000106. The van der Waals surface area contributed by atoms with E-state index in [1.807, 2.05) is 0 Å². The van der Waals surface area contributed by atoms with Gasteiger partial charge in [0.25, 0.3) is 11.7 Å². The highest BCUT2D eigenvalue weighted by molar-refractivity contribution is 9.10. The number of anilines is 1. The first-order valence-corrected chi connectivity index (χ1v) is 7.54. The van der Waals surface area contributed by atoms with Gasteiger partial charge in [0.2, 0.25) is 4.73 Å². The van der Waals surface area contributed by atoms with Crippen molar-refractivity contribution < 1.29 is 18.0 Å². The van der Waals surface area contributed by atoms with E-state index < -0.39 is 17.9 Å². The SMILES string of the molecule is O=C(Nc1ccccc1)c1ccc(-n2nc(C(F)(F)F)nc2Br)nn1. The summed E-state index contributed by atoms with van der Waals surface area (Å²) < 4.78 is 38.5. The Balaban J connectivity index is 1.81. The third kappa shape index (κ3) is 3.82. The number of alkyl halides is 3. The molecule has 2 heterocycles. The Bertz CT molecular complexity index is 895. The Morgan fingerprint density at radius 1 is 1.08 bits per heavy atom. The number of halogens is 4. The van der Waals surface area contributed by atoms with E-state index in [0.29, 0.717) is 5.69 Å². The fraction of sp³-hybridized carbons (Fsp3) is 0.0714. The summed E-state index contributed by atoms with van der Waals surface area (Å²) in [5.74, 6) is -1.84. The molecule has 3 rings (SSSR count). The van der Waals surface area contributed by atoms with Crippen molar-refractivity contribution in [1.82, 2.24) is 25.0 Å². The lowest BCUT2D eigenvalue weighted by molar-refractivity contribution is -0.144. The summed E-state index contributed by atoms with van der Waals surface area (Å²) in [5.41, 5.74) is 0.576. The van der Waals surface area contributed by atoms with Crippen LogP contribution in [0.25, 0.3) is 5.82 Å². The molecule has 0 unspecified atom stereocenters. The number of rotatable bonds is 3. The first kappa shape index (κ1) is 17.0. The molecule has 0 radical (unpaired) electrons. The molecule has 3 aromatic rings. The van der Waals surface area contributed by atoms with Crippen LogP contribution in [0.3, 0.4) is 0 Å². The molecule has 1 amide bonds. The lowest BCUT2D eigenvalue weighted by Gasteiger charge is -2.05. The maximum absolute atomic E-state index is 12.6. The summed E-state index contributed by atoms with van der Waals surface area (Å²) in [6, 6.07) is 11.3. The topological polar surface area (TPSA) is 85.6 Å². The molecule has 0 bridgehead atoms. The van der Waals surface area contributed by atoms with Crippen LogP contribution in [0.2, 0.25) is 0 Å². The van der Waals surface area contributed by atoms with Gasteiger partial charge in [0, 0.05) is 5.69 Å². The lowest BCUT2D eigenvalue weighted by atomic mass is 10.3. The van der Waals surface area contributed by atoms with Gasteiger partial charge >= 0.3 is 6.18 Å². The molecule has 1 aromatic carbocycles. The number of nitrogens with one attached hydrogen (secondary N) is 1. The van der Waals surface area contributed by atoms with Gasteiger partial charge < -0.3 is 5.32 Å². The molecule has 2 aromatic heterocycles. The van der Waals surface area contributed by atoms with E-state index >= 15 is 0 Å². The van der Waals surface area contributed by atoms with Crippen LogP contribution in [0, 0.1) is 0 Å². The van der Waals surface area contributed by atoms with Gasteiger partial charge in [-0.15, -0.1) is 15.3 Å². The average Bonchev–Trinajstić information content (AvgIpc) is 2.98. The highest BCUT2D eigenvalue weighted by atomic mass is 79.9. The van der Waals surface area contributed by atoms with Gasteiger partial charge in [-0.05, 0) is 40.2 Å². The molecule has 0 aliphatic carbocycles. The van der Waals surface area contributed by atoms with Crippen LogP contribution in [0.5, 0.6) is 0 Å². The normalized spacial score (nSPS) is 11.4. The number of hydrogen-bond donors (Lipinski definition) is 1. The van der Waals surface area contributed by atoms with Crippen molar-refractivity contribution in [2.45, 2.75) is 6.18 Å². The molecule has 0 aliphatic rings. The van der Waals surface area contributed by atoms with E-state index in [0.717, 1.165) is 4.68 Å². The van der Waals surface area contributed by atoms with E-state index in [4.69, 9.17) is 0 Å². The zero-order valence-corrected chi connectivity index (χ0v) is 13.8. The van der Waals surface area contributed by atoms with Crippen molar-refractivity contribution in [3.8, 4) is 5.82 Å². The molecule has 11 heteroatoms. The van der Waals surface area contributed by atoms with Gasteiger partial charge in [-0.3, -0.25) is 4.79 Å². The standard InChI is InChI=1S/C14H8BrF3N6O/c15-13-20-12(14(16,17)18)23-24(13)10-7-6-9(21-22-10)11(25)19-8-4-2-1-3-5-8/h1-7H,(H,19,25). The van der Waals surface area contributed by atoms with E-state index in [2.05, 4.69) is 41.5 Å². The van der Waals surface area contributed by atoms with E-state index in [-0.39, 0.29) is 16.2 Å². The molecule has 7 nitrogen and oxygen atoms in total. The fourth-order valence-electron chi connectivity index (χ4n) is 1.83. The third-order valence-corrected chi connectivity index (χ3v) is 3.47. The summed E-state index contributed by atoms with van der Waals surface area (Å²) >= 11 is 2.88. The summed E-state index contributed by atoms with van der Waals surface area (Å²) in [7, 11) is 0. The predicted octanol–water partition coefficient (Wildman–Crippen LogP) is 3.09. The Morgan fingerprint density at radius 2 is 1.80 bits per heavy atom. The van der Waals surface area contributed by atoms with Crippen molar-refractivity contribution in [2.75, 3.05) is 5.32 Å². The summed E-state index contributed by atoms with van der Waals surface area (Å²) in [4.78, 5) is 15.3. The first-order valence-electron chi connectivity index (χ1n) is 6.75. The predicted molar refractivity (Wildman–Crippen MR) is 84.0 cm³/mol. The quantitative estimate of drug-likeness (QED) is 0.714. The number of carbonyl (C=O) groups excluding carboxylic acids is 1. The van der Waals surface area contributed by atoms with Gasteiger partial charge in [-0.1, -0.05) is 18.2 Å². The lowest BCUT2D eigenvalue weighted by Crippen LogP contribution is -2.15. The summed E-state index contributed by atoms with van der Waals surface area (Å²) in [6.45, 7) is 0. The van der Waals surface area contributed by atoms with Crippen molar-refractivity contribution in [1.29, 1.82) is 0 Å². The van der Waals surface area contributed by atoms with Crippen LogP contribution in [0.15, 0.2) is 47.2 Å². The van der Waals surface area contributed by atoms with Crippen LogP contribution in [0.1, 0.15) is 16.3 Å². The molecule has 0 saturated carbocycles. The van der Waals surface area contributed by atoms with E-state index in [1.165, 1.54) is 12.1 Å². The maximum Gasteiger partial charge on any atom is 0.453 e. The largest absolute Gasteiger partial charge is 0.453 e. The molecule has 0 atom stereocenters. The molecule has 0 spiro atoms. The number of hydrogen-bond acceptors (Lipinski definition) is 5. The zero-order valence-electron chi connectivity index (χ0n) is 12.2. The van der Waals surface area contributed by atoms with Crippen molar-refractivity contribution >= 4 is 27.5 Å². The van der Waals surface area contributed by atoms with Crippen LogP contribution >= 0.6 is 15.9 Å². The molecule has 0 aliphatic heterocycles. The number of para-hydroxylation sites is 1. The number of benzene rings is 1. The zero-order chi connectivity index (χ0) is 18.0. The minimum Gasteiger partial charge on any atom is -0.321 e. The minimum atomic E-state index is -4.68. The third-order valence-electron chi connectivity index (χ3n) is 2.95. The monoisotopic (exact) mass is 412 g/mol. The number of carbonyl (C=O) groups is 1. The van der Waals surface area contributed by atoms with Crippen LogP contribution < -0.4 is 5.32 Å². The number of aromatic nitrogens is 5. The smallest absolute Gasteiger partial charge is 0.321 e. The van der Waals surface area contributed by atoms with Gasteiger partial charge in [0.15, 0.2) is 11.5 Å². The molecular formula is C14H8BrF3N6O. The van der Waals surface area contributed by atoms with Gasteiger partial charge in [0.05, 0.1) is 0 Å². The average molecular weight is 413 g/mol. The molecule has 25 heavy (non-hydrogen) atoms. The van der Waals surface area contributed by atoms with Gasteiger partial charge in [0.1, 0.15) is 0 Å². The highest BCUT2D eigenvalue weighted by Gasteiger charge is 2.37. The Hall–Kier alpha value is -2.82. The Morgan fingerprint density at radius 3 is 2.36 bits per heavy atom. The maximum atomic E-state index is 12.6. The number of amides is 1. The van der Waals surface area contributed by atoms with Crippen molar-refractivity contribution in [2.24, 2.45) is 0 Å². The second kappa shape index (κ2) is 6.59. The number of nitrogens with zero attached hydrogens (tertiary/aromatic N) is 5. The summed E-state index contributed by atoms with van der Waals surface area (Å²) in [6.07, 6.45) is -4.68.